The molecule has 3 heteroatoms. The van der Waals surface area contributed by atoms with E-state index in [2.05, 4.69) is 37.3 Å². The zero-order valence-electron chi connectivity index (χ0n) is 15.5. The van der Waals surface area contributed by atoms with Crippen molar-refractivity contribution in [3.63, 3.8) is 0 Å². The number of benzene rings is 3. The van der Waals surface area contributed by atoms with Gasteiger partial charge in [-0.2, -0.15) is 0 Å². The lowest BCUT2D eigenvalue weighted by Crippen LogP contribution is -1.92. The lowest BCUT2D eigenvalue weighted by atomic mass is 9.98. The van der Waals surface area contributed by atoms with E-state index in [9.17, 15) is 4.39 Å². The number of rotatable bonds is 4. The second-order valence-electron chi connectivity index (χ2n) is 6.87. The fraction of sp³-hybridized carbons (Fsp3) is 0.208. The highest BCUT2D eigenvalue weighted by Gasteiger charge is 2.13. The average molecular weight is 376 g/mol. The van der Waals surface area contributed by atoms with Gasteiger partial charge in [0.1, 0.15) is 0 Å². The molecular weight excluding hydrogens is 355 g/mol. The van der Waals surface area contributed by atoms with Crippen LogP contribution in [-0.2, 0) is 12.8 Å². The van der Waals surface area contributed by atoms with E-state index >= 15 is 0 Å². The van der Waals surface area contributed by atoms with Crippen LogP contribution in [0.3, 0.4) is 0 Å². The number of fused-ring (bicyclic) bond motifs is 3. The molecule has 27 heavy (non-hydrogen) atoms. The number of aryl methyl sites for hydroxylation is 2. The summed E-state index contributed by atoms with van der Waals surface area (Å²) in [7, 11) is 0. The topological polar surface area (TPSA) is 13.1 Å². The molecule has 0 saturated carbocycles. The Morgan fingerprint density at radius 2 is 1.56 bits per heavy atom. The van der Waals surface area contributed by atoms with Crippen LogP contribution < -0.4 is 0 Å². The molecule has 0 aliphatic carbocycles. The van der Waals surface area contributed by atoms with Crippen molar-refractivity contribution < 1.29 is 8.81 Å². The third-order valence-electron chi connectivity index (χ3n) is 5.12. The fourth-order valence-electron chi connectivity index (χ4n) is 3.58. The Hall–Kier alpha value is -2.52. The van der Waals surface area contributed by atoms with E-state index in [0.29, 0.717) is 16.7 Å². The minimum Gasteiger partial charge on any atom is -0.441 e. The zero-order chi connectivity index (χ0) is 19.0. The lowest BCUT2D eigenvalue weighted by Gasteiger charge is -2.10. The van der Waals surface area contributed by atoms with Crippen LogP contribution in [0.2, 0.25) is 0 Å². The van der Waals surface area contributed by atoms with Crippen LogP contribution in [0.15, 0.2) is 59.0 Å². The summed E-state index contributed by atoms with van der Waals surface area (Å²) in [5.41, 5.74) is 4.46. The summed E-state index contributed by atoms with van der Waals surface area (Å²) < 4.78 is 20.9. The van der Waals surface area contributed by atoms with Crippen molar-refractivity contribution in [2.24, 2.45) is 0 Å². The van der Waals surface area contributed by atoms with Gasteiger partial charge in [0.2, 0.25) is 0 Å². The molecule has 0 aliphatic heterocycles. The van der Waals surface area contributed by atoms with Gasteiger partial charge in [0, 0.05) is 10.8 Å². The molecule has 0 amide bonds. The van der Waals surface area contributed by atoms with E-state index in [-0.39, 0.29) is 11.4 Å². The van der Waals surface area contributed by atoms with Crippen molar-refractivity contribution in [3.05, 3.63) is 76.2 Å². The number of halogens is 1. The van der Waals surface area contributed by atoms with E-state index in [4.69, 9.17) is 16.6 Å². The van der Waals surface area contributed by atoms with Crippen LogP contribution in [0.25, 0.3) is 32.9 Å². The third kappa shape index (κ3) is 3.17. The number of hydrogen-bond donors (Lipinski definition) is 0. The van der Waals surface area contributed by atoms with E-state index in [1.165, 1.54) is 5.56 Å². The minimum absolute atomic E-state index is 0.262. The molecule has 0 spiro atoms. The Morgan fingerprint density at radius 1 is 0.852 bits per heavy atom. The summed E-state index contributed by atoms with van der Waals surface area (Å²) in [6.07, 6.45) is 2.59. The van der Waals surface area contributed by atoms with Crippen LogP contribution in [0, 0.1) is 10.5 Å². The molecule has 1 aromatic heterocycles. The Kier molecular flexibility index (Phi) is 4.79. The fourth-order valence-corrected chi connectivity index (χ4v) is 3.83. The molecule has 136 valence electrons. The monoisotopic (exact) mass is 376 g/mol. The molecule has 4 aromatic rings. The maximum atomic E-state index is 14.8. The Balaban J connectivity index is 1.91. The van der Waals surface area contributed by atoms with Gasteiger partial charge in [0.25, 0.3) is 0 Å². The molecule has 0 radical (unpaired) electrons. The molecular formula is C24H21FOS. The molecule has 0 fully saturated rings. The summed E-state index contributed by atoms with van der Waals surface area (Å²) in [6, 6.07) is 18.5. The van der Waals surface area contributed by atoms with Crippen molar-refractivity contribution in [1.82, 2.24) is 0 Å². The van der Waals surface area contributed by atoms with Gasteiger partial charge in [-0.25, -0.2) is 4.39 Å². The maximum absolute atomic E-state index is 14.8. The second-order valence-corrected chi connectivity index (χ2v) is 7.24. The van der Waals surface area contributed by atoms with Gasteiger partial charge >= 0.3 is 0 Å². The highest BCUT2D eigenvalue weighted by molar-refractivity contribution is 7.71. The van der Waals surface area contributed by atoms with Crippen LogP contribution >= 0.6 is 12.2 Å². The van der Waals surface area contributed by atoms with E-state index < -0.39 is 0 Å². The summed E-state index contributed by atoms with van der Waals surface area (Å²) in [5, 5.41) is 2.54. The first-order valence-electron chi connectivity index (χ1n) is 9.39. The minimum atomic E-state index is -0.290. The smallest absolute Gasteiger partial charge is 0.198 e. The Morgan fingerprint density at radius 3 is 2.26 bits per heavy atom. The highest BCUT2D eigenvalue weighted by Crippen LogP contribution is 2.33. The van der Waals surface area contributed by atoms with Gasteiger partial charge in [-0.1, -0.05) is 68.8 Å². The molecule has 1 heterocycles. The zero-order valence-corrected chi connectivity index (χ0v) is 16.3. The van der Waals surface area contributed by atoms with E-state index in [1.54, 1.807) is 0 Å². The lowest BCUT2D eigenvalue weighted by molar-refractivity contribution is 0.538. The predicted octanol–water partition coefficient (Wildman–Crippen LogP) is 7.64. The molecule has 0 N–H and O–H groups in total. The number of hydrogen-bond acceptors (Lipinski definition) is 2. The largest absolute Gasteiger partial charge is 0.441 e. The summed E-state index contributed by atoms with van der Waals surface area (Å²) in [4.78, 5) is 0. The van der Waals surface area contributed by atoms with Gasteiger partial charge in [-0.15, -0.1) is 0 Å². The van der Waals surface area contributed by atoms with Gasteiger partial charge in [0.05, 0.1) is 0 Å². The standard InChI is InChI=1S/C24H21FOS/c1-3-5-17-10-13-20-19-12-11-18(16-8-6-15(4-2)7-9-16)14-21(19)24(27)26-23(20)22(17)25/h6-14H,3-5H2,1-2H3. The molecule has 0 unspecified atom stereocenters. The van der Waals surface area contributed by atoms with Gasteiger partial charge in [-0.3, -0.25) is 0 Å². The van der Waals surface area contributed by atoms with Crippen molar-refractivity contribution in [2.75, 3.05) is 0 Å². The molecule has 0 bridgehead atoms. The third-order valence-corrected chi connectivity index (χ3v) is 5.42. The first-order chi connectivity index (χ1) is 13.1. The molecule has 0 atom stereocenters. The molecule has 0 aliphatic rings. The Bertz CT molecular complexity index is 1190. The van der Waals surface area contributed by atoms with Gasteiger partial charge in [-0.05, 0) is 58.8 Å². The van der Waals surface area contributed by atoms with Gasteiger partial charge in [0.15, 0.2) is 16.1 Å². The molecule has 4 rings (SSSR count). The Labute approximate surface area is 163 Å². The van der Waals surface area contributed by atoms with Crippen LogP contribution in [-0.4, -0.2) is 0 Å². The summed E-state index contributed by atoms with van der Waals surface area (Å²) in [5.74, 6) is -0.290. The van der Waals surface area contributed by atoms with Crippen LogP contribution in [0.4, 0.5) is 4.39 Å². The van der Waals surface area contributed by atoms with Crippen molar-refractivity contribution in [1.29, 1.82) is 0 Å². The average Bonchev–Trinajstić information content (AvgIpc) is 2.71. The van der Waals surface area contributed by atoms with Crippen molar-refractivity contribution >= 4 is 34.0 Å². The van der Waals surface area contributed by atoms with Crippen LogP contribution in [0.5, 0.6) is 0 Å². The first kappa shape index (κ1) is 17.9. The van der Waals surface area contributed by atoms with Crippen LogP contribution in [0.1, 0.15) is 31.4 Å². The van der Waals surface area contributed by atoms with Crippen molar-refractivity contribution in [2.45, 2.75) is 33.1 Å². The predicted molar refractivity (Wildman–Crippen MR) is 113 cm³/mol. The maximum Gasteiger partial charge on any atom is 0.198 e. The van der Waals surface area contributed by atoms with Crippen molar-refractivity contribution in [3.8, 4) is 11.1 Å². The molecule has 0 saturated heterocycles. The van der Waals surface area contributed by atoms with E-state index in [0.717, 1.165) is 40.1 Å². The van der Waals surface area contributed by atoms with Gasteiger partial charge < -0.3 is 4.42 Å². The second kappa shape index (κ2) is 7.24. The summed E-state index contributed by atoms with van der Waals surface area (Å²) >= 11 is 5.46. The normalized spacial score (nSPS) is 11.4. The SMILES string of the molecule is CCCc1ccc2c(oc(=S)c3cc(-c4ccc(CC)cc4)ccc32)c1F. The quantitative estimate of drug-likeness (QED) is 0.268. The highest BCUT2D eigenvalue weighted by atomic mass is 32.1. The first-order valence-corrected chi connectivity index (χ1v) is 9.80. The molecule has 1 nitrogen and oxygen atoms in total. The summed E-state index contributed by atoms with van der Waals surface area (Å²) in [6.45, 7) is 4.18. The van der Waals surface area contributed by atoms with E-state index in [1.807, 2.05) is 31.2 Å². The molecule has 3 aromatic carbocycles.